The second kappa shape index (κ2) is 7.79. The fourth-order valence-corrected chi connectivity index (χ4v) is 1.98. The number of hydrogen-bond donors (Lipinski definition) is 0. The quantitative estimate of drug-likeness (QED) is 0.432. The van der Waals surface area contributed by atoms with Crippen LogP contribution in [-0.2, 0) is 0 Å². The van der Waals surface area contributed by atoms with Gasteiger partial charge in [-0.3, -0.25) is 4.79 Å². The van der Waals surface area contributed by atoms with Gasteiger partial charge in [-0.05, 0) is 42.8 Å². The first-order chi connectivity index (χ1) is 10.2. The number of aryl methyl sites for hydroxylation is 1. The van der Waals surface area contributed by atoms with Gasteiger partial charge in [0.05, 0.1) is 6.61 Å². The maximum Gasteiger partial charge on any atom is 0.185 e. The Hall–Kier alpha value is -1.87. The standard InChI is InChI=1S/C18H17BrO2/c1-14-2-4-15(5-3-14)6-11-18(20)16-7-9-17(10-8-16)21-13-12-19/h2-11H,12-13H2,1H3/b11-6+. The molecule has 0 aliphatic carbocycles. The molecule has 0 aromatic heterocycles. The lowest BCUT2D eigenvalue weighted by molar-refractivity contribution is 0.104. The number of ketones is 1. The SMILES string of the molecule is Cc1ccc(/C=C/C(=O)c2ccc(OCCBr)cc2)cc1. The molecule has 0 N–H and O–H groups in total. The molecule has 0 saturated carbocycles. The maximum absolute atomic E-state index is 12.1. The summed E-state index contributed by atoms with van der Waals surface area (Å²) in [5.41, 5.74) is 2.88. The second-order valence-corrected chi connectivity index (χ2v) is 5.46. The van der Waals surface area contributed by atoms with Gasteiger partial charge in [0, 0.05) is 10.9 Å². The Bertz CT molecular complexity index is 613. The molecule has 0 amide bonds. The van der Waals surface area contributed by atoms with Crippen molar-refractivity contribution >= 4 is 27.8 Å². The number of allylic oxidation sites excluding steroid dienone is 1. The molecule has 21 heavy (non-hydrogen) atoms. The number of rotatable bonds is 6. The number of ether oxygens (including phenoxy) is 1. The minimum absolute atomic E-state index is 0.0115. The molecule has 3 heteroatoms. The Labute approximate surface area is 133 Å². The molecule has 0 heterocycles. The van der Waals surface area contributed by atoms with E-state index < -0.39 is 0 Å². The van der Waals surface area contributed by atoms with E-state index in [0.717, 1.165) is 16.6 Å². The zero-order valence-electron chi connectivity index (χ0n) is 11.9. The van der Waals surface area contributed by atoms with Gasteiger partial charge in [0.1, 0.15) is 5.75 Å². The minimum atomic E-state index is -0.0115. The van der Waals surface area contributed by atoms with E-state index in [4.69, 9.17) is 4.74 Å². The maximum atomic E-state index is 12.1. The van der Waals surface area contributed by atoms with Crippen molar-refractivity contribution in [3.63, 3.8) is 0 Å². The Kier molecular flexibility index (Phi) is 5.76. The third-order valence-corrected chi connectivity index (χ3v) is 3.31. The lowest BCUT2D eigenvalue weighted by Crippen LogP contribution is -1.99. The fraction of sp³-hybridized carbons (Fsp3) is 0.167. The fourth-order valence-electron chi connectivity index (χ4n) is 1.82. The molecule has 2 aromatic rings. The summed E-state index contributed by atoms with van der Waals surface area (Å²) in [6.45, 7) is 2.65. The van der Waals surface area contributed by atoms with Crippen LogP contribution in [0.3, 0.4) is 0 Å². The zero-order chi connectivity index (χ0) is 15.1. The monoisotopic (exact) mass is 344 g/mol. The molecule has 0 radical (unpaired) electrons. The molecule has 0 atom stereocenters. The Balaban J connectivity index is 2.01. The summed E-state index contributed by atoms with van der Waals surface area (Å²) in [5, 5.41) is 0.785. The number of alkyl halides is 1. The van der Waals surface area contributed by atoms with Crippen molar-refractivity contribution < 1.29 is 9.53 Å². The van der Waals surface area contributed by atoms with Gasteiger partial charge in [-0.25, -0.2) is 0 Å². The highest BCUT2D eigenvalue weighted by Gasteiger charge is 2.02. The van der Waals surface area contributed by atoms with E-state index in [1.54, 1.807) is 18.2 Å². The molecule has 108 valence electrons. The molecule has 0 saturated heterocycles. The first-order valence-electron chi connectivity index (χ1n) is 6.77. The smallest absolute Gasteiger partial charge is 0.185 e. The molecule has 2 aromatic carbocycles. The lowest BCUT2D eigenvalue weighted by Gasteiger charge is -2.04. The van der Waals surface area contributed by atoms with Crippen molar-refractivity contribution in [1.82, 2.24) is 0 Å². The van der Waals surface area contributed by atoms with E-state index in [0.29, 0.717) is 12.2 Å². The topological polar surface area (TPSA) is 26.3 Å². The highest BCUT2D eigenvalue weighted by atomic mass is 79.9. The van der Waals surface area contributed by atoms with Gasteiger partial charge in [0.25, 0.3) is 0 Å². The number of halogens is 1. The number of carbonyl (C=O) groups excluding carboxylic acids is 1. The predicted molar refractivity (Wildman–Crippen MR) is 90.3 cm³/mol. The third kappa shape index (κ3) is 4.87. The molecule has 0 aliphatic heterocycles. The first kappa shape index (κ1) is 15.5. The average Bonchev–Trinajstić information content (AvgIpc) is 2.52. The Morgan fingerprint density at radius 2 is 1.76 bits per heavy atom. The summed E-state index contributed by atoms with van der Waals surface area (Å²) >= 11 is 3.30. The van der Waals surface area contributed by atoms with Crippen LogP contribution in [-0.4, -0.2) is 17.7 Å². The first-order valence-corrected chi connectivity index (χ1v) is 7.89. The van der Waals surface area contributed by atoms with Gasteiger partial charge in [-0.15, -0.1) is 0 Å². The third-order valence-electron chi connectivity index (χ3n) is 2.99. The van der Waals surface area contributed by atoms with Crippen LogP contribution >= 0.6 is 15.9 Å². The van der Waals surface area contributed by atoms with Crippen molar-refractivity contribution in [2.75, 3.05) is 11.9 Å². The van der Waals surface area contributed by atoms with Crippen molar-refractivity contribution in [2.45, 2.75) is 6.92 Å². The zero-order valence-corrected chi connectivity index (χ0v) is 13.5. The van der Waals surface area contributed by atoms with E-state index in [2.05, 4.69) is 15.9 Å². The molecular formula is C18H17BrO2. The Morgan fingerprint density at radius 1 is 1.10 bits per heavy atom. The van der Waals surface area contributed by atoms with E-state index in [1.165, 1.54) is 5.56 Å². The van der Waals surface area contributed by atoms with Crippen LogP contribution in [0.15, 0.2) is 54.6 Å². The summed E-state index contributed by atoms with van der Waals surface area (Å²) in [4.78, 5) is 12.1. The Morgan fingerprint density at radius 3 is 2.38 bits per heavy atom. The largest absolute Gasteiger partial charge is 0.493 e. The number of benzene rings is 2. The molecular weight excluding hydrogens is 328 g/mol. The molecule has 0 unspecified atom stereocenters. The van der Waals surface area contributed by atoms with Crippen molar-refractivity contribution in [3.05, 3.63) is 71.3 Å². The molecule has 0 bridgehead atoms. The lowest BCUT2D eigenvalue weighted by atomic mass is 10.1. The summed E-state index contributed by atoms with van der Waals surface area (Å²) in [7, 11) is 0. The van der Waals surface area contributed by atoms with Gasteiger partial charge in [0.15, 0.2) is 5.78 Å². The van der Waals surface area contributed by atoms with Crippen LogP contribution in [0, 0.1) is 6.92 Å². The number of carbonyl (C=O) groups is 1. The van der Waals surface area contributed by atoms with Crippen LogP contribution in [0.1, 0.15) is 21.5 Å². The van der Waals surface area contributed by atoms with E-state index >= 15 is 0 Å². The van der Waals surface area contributed by atoms with Crippen LogP contribution in [0.4, 0.5) is 0 Å². The normalized spacial score (nSPS) is 10.8. The molecule has 0 spiro atoms. The summed E-state index contributed by atoms with van der Waals surface area (Å²) < 4.78 is 5.45. The van der Waals surface area contributed by atoms with Gasteiger partial charge < -0.3 is 4.74 Å². The molecule has 2 rings (SSSR count). The highest BCUT2D eigenvalue weighted by molar-refractivity contribution is 9.09. The van der Waals surface area contributed by atoms with Crippen LogP contribution in [0.5, 0.6) is 5.75 Å². The predicted octanol–water partition coefficient (Wildman–Crippen LogP) is 4.66. The van der Waals surface area contributed by atoms with Crippen molar-refractivity contribution in [1.29, 1.82) is 0 Å². The van der Waals surface area contributed by atoms with Gasteiger partial charge in [-0.1, -0.05) is 51.8 Å². The van der Waals surface area contributed by atoms with E-state index in [1.807, 2.05) is 49.4 Å². The van der Waals surface area contributed by atoms with Gasteiger partial charge >= 0.3 is 0 Å². The highest BCUT2D eigenvalue weighted by Crippen LogP contribution is 2.14. The summed E-state index contributed by atoms with van der Waals surface area (Å²) in [6, 6.07) is 15.2. The minimum Gasteiger partial charge on any atom is -0.493 e. The molecule has 0 fully saturated rings. The van der Waals surface area contributed by atoms with Gasteiger partial charge in [-0.2, -0.15) is 0 Å². The molecule has 2 nitrogen and oxygen atoms in total. The summed E-state index contributed by atoms with van der Waals surface area (Å²) in [5.74, 6) is 0.760. The van der Waals surface area contributed by atoms with Gasteiger partial charge in [0.2, 0.25) is 0 Å². The average molecular weight is 345 g/mol. The van der Waals surface area contributed by atoms with E-state index in [9.17, 15) is 4.79 Å². The number of hydrogen-bond acceptors (Lipinski definition) is 2. The summed E-state index contributed by atoms with van der Waals surface area (Å²) in [6.07, 6.45) is 3.43. The van der Waals surface area contributed by atoms with Crippen LogP contribution < -0.4 is 4.74 Å². The van der Waals surface area contributed by atoms with Crippen molar-refractivity contribution in [2.24, 2.45) is 0 Å². The molecule has 0 aliphatic rings. The van der Waals surface area contributed by atoms with Crippen LogP contribution in [0.2, 0.25) is 0 Å². The second-order valence-electron chi connectivity index (χ2n) is 4.67. The van der Waals surface area contributed by atoms with Crippen molar-refractivity contribution in [3.8, 4) is 5.75 Å². The van der Waals surface area contributed by atoms with Crippen LogP contribution in [0.25, 0.3) is 6.08 Å². The van der Waals surface area contributed by atoms with E-state index in [-0.39, 0.29) is 5.78 Å².